The van der Waals surface area contributed by atoms with Crippen LogP contribution in [0.3, 0.4) is 0 Å². The zero-order valence-electron chi connectivity index (χ0n) is 11.8. The molecule has 5 heteroatoms. The molecule has 0 saturated carbocycles. The monoisotopic (exact) mass is 270 g/mol. The van der Waals surface area contributed by atoms with E-state index in [4.69, 9.17) is 18.3 Å². The standard InChI is InChI=1S/C13H22O4Si/c1-6-16-11-8-9-12(17-7-2)13(10-11)18(5,14-3)15-4/h8-10H,6-7H2,1-5H3. The lowest BCUT2D eigenvalue weighted by atomic mass is 10.3. The molecule has 18 heavy (non-hydrogen) atoms. The fraction of sp³-hybridized carbons (Fsp3) is 0.538. The Labute approximate surface area is 110 Å². The fourth-order valence-electron chi connectivity index (χ4n) is 1.71. The lowest BCUT2D eigenvalue weighted by Gasteiger charge is -2.25. The number of rotatable bonds is 7. The van der Waals surface area contributed by atoms with Crippen LogP contribution in [0, 0.1) is 0 Å². The molecule has 1 rings (SSSR count). The molecule has 4 nitrogen and oxygen atoms in total. The lowest BCUT2D eigenvalue weighted by molar-refractivity contribution is 0.262. The van der Waals surface area contributed by atoms with E-state index in [1.54, 1.807) is 14.2 Å². The highest BCUT2D eigenvalue weighted by Crippen LogP contribution is 2.21. The summed E-state index contributed by atoms with van der Waals surface area (Å²) in [5.41, 5.74) is 0. The van der Waals surface area contributed by atoms with Crippen LogP contribution in [0.4, 0.5) is 0 Å². The van der Waals surface area contributed by atoms with Gasteiger partial charge >= 0.3 is 8.56 Å². The van der Waals surface area contributed by atoms with Gasteiger partial charge in [-0.2, -0.15) is 0 Å². The molecular formula is C13H22O4Si. The second kappa shape index (κ2) is 6.77. The summed E-state index contributed by atoms with van der Waals surface area (Å²) in [6, 6.07) is 5.76. The maximum absolute atomic E-state index is 5.64. The Morgan fingerprint density at radius 1 is 1.00 bits per heavy atom. The summed E-state index contributed by atoms with van der Waals surface area (Å²) in [7, 11) is 0.910. The van der Waals surface area contributed by atoms with Crippen molar-refractivity contribution in [3.63, 3.8) is 0 Å². The Morgan fingerprint density at radius 3 is 2.11 bits per heavy atom. The third-order valence-corrected chi connectivity index (χ3v) is 5.76. The third kappa shape index (κ3) is 3.25. The van der Waals surface area contributed by atoms with E-state index < -0.39 is 8.56 Å². The summed E-state index contributed by atoms with van der Waals surface area (Å²) < 4.78 is 22.3. The van der Waals surface area contributed by atoms with Crippen molar-refractivity contribution in [2.45, 2.75) is 20.4 Å². The molecule has 0 unspecified atom stereocenters. The number of hydrogen-bond donors (Lipinski definition) is 0. The van der Waals surface area contributed by atoms with Gasteiger partial charge in [-0.15, -0.1) is 0 Å². The predicted molar refractivity (Wildman–Crippen MR) is 74.1 cm³/mol. The van der Waals surface area contributed by atoms with E-state index in [2.05, 4.69) is 0 Å². The van der Waals surface area contributed by atoms with Crippen LogP contribution in [0.2, 0.25) is 6.55 Å². The highest BCUT2D eigenvalue weighted by molar-refractivity contribution is 6.80. The molecule has 0 aliphatic carbocycles. The van der Waals surface area contributed by atoms with Gasteiger partial charge in [0.15, 0.2) is 0 Å². The number of ether oxygens (including phenoxy) is 2. The largest absolute Gasteiger partial charge is 0.494 e. The minimum atomic E-state index is -2.42. The van der Waals surface area contributed by atoms with Gasteiger partial charge in [0, 0.05) is 19.4 Å². The average Bonchev–Trinajstić information content (AvgIpc) is 2.40. The molecule has 0 fully saturated rings. The maximum Gasteiger partial charge on any atom is 0.372 e. The lowest BCUT2D eigenvalue weighted by Crippen LogP contribution is -2.50. The molecule has 1 aromatic carbocycles. The summed E-state index contributed by atoms with van der Waals surface area (Å²) in [5, 5.41) is 0.959. The van der Waals surface area contributed by atoms with Gasteiger partial charge in [-0.3, -0.25) is 0 Å². The van der Waals surface area contributed by atoms with Gasteiger partial charge in [-0.1, -0.05) is 0 Å². The van der Waals surface area contributed by atoms with Crippen LogP contribution in [0.25, 0.3) is 0 Å². The summed E-state index contributed by atoms with van der Waals surface area (Å²) in [4.78, 5) is 0. The topological polar surface area (TPSA) is 36.9 Å². The summed E-state index contributed by atoms with van der Waals surface area (Å²) in [6.45, 7) is 7.14. The Morgan fingerprint density at radius 2 is 1.61 bits per heavy atom. The van der Waals surface area contributed by atoms with Gasteiger partial charge in [-0.25, -0.2) is 0 Å². The average molecular weight is 270 g/mol. The van der Waals surface area contributed by atoms with Crippen molar-refractivity contribution in [3.8, 4) is 11.5 Å². The Kier molecular flexibility index (Phi) is 5.65. The van der Waals surface area contributed by atoms with Crippen LogP contribution in [-0.4, -0.2) is 36.0 Å². The Hall–Kier alpha value is -1.04. The van der Waals surface area contributed by atoms with Crippen LogP contribution in [0.15, 0.2) is 18.2 Å². The van der Waals surface area contributed by atoms with E-state index in [-0.39, 0.29) is 0 Å². The molecule has 1 aromatic rings. The van der Waals surface area contributed by atoms with Crippen LogP contribution in [0.5, 0.6) is 11.5 Å². The normalized spacial score (nSPS) is 11.4. The molecule has 0 spiro atoms. The highest BCUT2D eigenvalue weighted by atomic mass is 28.4. The predicted octanol–water partition coefficient (Wildman–Crippen LogP) is 2.06. The van der Waals surface area contributed by atoms with Gasteiger partial charge < -0.3 is 18.3 Å². The Balaban J connectivity index is 3.21. The molecule has 0 aliphatic heterocycles. The first-order chi connectivity index (χ1) is 8.61. The zero-order chi connectivity index (χ0) is 13.6. The van der Waals surface area contributed by atoms with Crippen LogP contribution in [-0.2, 0) is 8.85 Å². The number of hydrogen-bond acceptors (Lipinski definition) is 4. The smallest absolute Gasteiger partial charge is 0.372 e. The maximum atomic E-state index is 5.64. The molecule has 0 bridgehead atoms. The van der Waals surface area contributed by atoms with Crippen molar-refractivity contribution in [2.75, 3.05) is 27.4 Å². The van der Waals surface area contributed by atoms with Gasteiger partial charge in [0.1, 0.15) is 11.5 Å². The zero-order valence-corrected chi connectivity index (χ0v) is 12.8. The van der Waals surface area contributed by atoms with E-state index in [0.717, 1.165) is 16.7 Å². The van der Waals surface area contributed by atoms with Crippen molar-refractivity contribution in [1.82, 2.24) is 0 Å². The molecule has 0 atom stereocenters. The van der Waals surface area contributed by atoms with Crippen molar-refractivity contribution in [2.24, 2.45) is 0 Å². The Bertz CT molecular complexity index is 377. The van der Waals surface area contributed by atoms with Gasteiger partial charge in [0.05, 0.1) is 13.2 Å². The molecule has 0 aromatic heterocycles. The molecule has 0 radical (unpaired) electrons. The van der Waals surface area contributed by atoms with Crippen molar-refractivity contribution >= 4 is 13.7 Å². The molecule has 102 valence electrons. The van der Waals surface area contributed by atoms with Crippen LogP contribution >= 0.6 is 0 Å². The van der Waals surface area contributed by atoms with E-state index in [1.165, 1.54) is 0 Å². The van der Waals surface area contributed by atoms with E-state index in [1.807, 2.05) is 38.6 Å². The second-order valence-corrected chi connectivity index (χ2v) is 7.12. The van der Waals surface area contributed by atoms with Crippen LogP contribution < -0.4 is 14.7 Å². The number of benzene rings is 1. The minimum Gasteiger partial charge on any atom is -0.494 e. The van der Waals surface area contributed by atoms with E-state index in [9.17, 15) is 0 Å². The van der Waals surface area contributed by atoms with Gasteiger partial charge in [0.25, 0.3) is 0 Å². The molecular weight excluding hydrogens is 248 g/mol. The van der Waals surface area contributed by atoms with Crippen LogP contribution in [0.1, 0.15) is 13.8 Å². The third-order valence-electron chi connectivity index (χ3n) is 2.83. The van der Waals surface area contributed by atoms with Gasteiger partial charge in [0.2, 0.25) is 0 Å². The first-order valence-electron chi connectivity index (χ1n) is 6.11. The molecule has 0 amide bonds. The minimum absolute atomic E-state index is 0.610. The SMILES string of the molecule is CCOc1ccc(OCC)c([Si](C)(OC)OC)c1. The quantitative estimate of drug-likeness (QED) is 0.711. The van der Waals surface area contributed by atoms with E-state index in [0.29, 0.717) is 13.2 Å². The molecule has 0 heterocycles. The fourth-order valence-corrected chi connectivity index (χ4v) is 3.32. The summed E-state index contributed by atoms with van der Waals surface area (Å²) in [5.74, 6) is 1.61. The van der Waals surface area contributed by atoms with Gasteiger partial charge in [-0.05, 0) is 38.6 Å². The molecule has 0 aliphatic rings. The summed E-state index contributed by atoms with van der Waals surface area (Å²) in [6.07, 6.45) is 0. The van der Waals surface area contributed by atoms with Crippen molar-refractivity contribution in [3.05, 3.63) is 18.2 Å². The first-order valence-corrected chi connectivity index (χ1v) is 8.43. The molecule has 0 saturated heterocycles. The highest BCUT2D eigenvalue weighted by Gasteiger charge is 2.35. The first kappa shape index (κ1) is 15.0. The molecule has 0 N–H and O–H groups in total. The van der Waals surface area contributed by atoms with Crippen molar-refractivity contribution < 1.29 is 18.3 Å². The summed E-state index contributed by atoms with van der Waals surface area (Å²) >= 11 is 0. The van der Waals surface area contributed by atoms with E-state index >= 15 is 0 Å². The second-order valence-electron chi connectivity index (χ2n) is 3.88. The van der Waals surface area contributed by atoms with Crippen molar-refractivity contribution in [1.29, 1.82) is 0 Å².